The van der Waals surface area contributed by atoms with Gasteiger partial charge in [-0.05, 0) is 65.7 Å². The van der Waals surface area contributed by atoms with Crippen LogP contribution in [0.4, 0.5) is 0 Å². The molecule has 6 aromatic rings. The number of hydrogen-bond donors (Lipinski definition) is 0. The van der Waals surface area contributed by atoms with Crippen LogP contribution in [0.15, 0.2) is 114 Å². The Morgan fingerprint density at radius 2 is 1.16 bits per heavy atom. The minimum absolute atomic E-state index is 1.10. The molecular formula is C28H18BrNS. The van der Waals surface area contributed by atoms with E-state index in [9.17, 15) is 0 Å². The molecule has 0 aliphatic carbocycles. The van der Waals surface area contributed by atoms with Gasteiger partial charge in [0, 0.05) is 30.7 Å². The van der Waals surface area contributed by atoms with Gasteiger partial charge < -0.3 is 4.57 Å². The zero-order chi connectivity index (χ0) is 20.8. The zero-order valence-corrected chi connectivity index (χ0v) is 19.0. The van der Waals surface area contributed by atoms with Crippen molar-refractivity contribution in [3.63, 3.8) is 0 Å². The van der Waals surface area contributed by atoms with E-state index in [4.69, 9.17) is 0 Å². The van der Waals surface area contributed by atoms with E-state index < -0.39 is 0 Å². The van der Waals surface area contributed by atoms with E-state index in [-0.39, 0.29) is 0 Å². The highest BCUT2D eigenvalue weighted by Crippen LogP contribution is 2.39. The largest absolute Gasteiger partial charge is 0.309 e. The average Bonchev–Trinajstić information content (AvgIpc) is 3.43. The summed E-state index contributed by atoms with van der Waals surface area (Å²) in [6.45, 7) is 0. The molecule has 0 fully saturated rings. The molecule has 0 unspecified atom stereocenters. The van der Waals surface area contributed by atoms with E-state index in [1.807, 2.05) is 11.3 Å². The summed E-state index contributed by atoms with van der Waals surface area (Å²) in [5.41, 5.74) is 6.15. The van der Waals surface area contributed by atoms with Crippen molar-refractivity contribution >= 4 is 49.1 Å². The van der Waals surface area contributed by atoms with Crippen molar-refractivity contribution < 1.29 is 0 Å². The van der Waals surface area contributed by atoms with Crippen LogP contribution in [-0.2, 0) is 0 Å². The third kappa shape index (κ3) is 3.21. The van der Waals surface area contributed by atoms with Crippen LogP contribution in [0.5, 0.6) is 0 Å². The number of benzene rings is 4. The molecule has 1 nitrogen and oxygen atoms in total. The Balaban J connectivity index is 1.56. The highest BCUT2D eigenvalue weighted by Gasteiger charge is 2.14. The molecule has 0 aliphatic rings. The Bertz CT molecular complexity index is 1530. The lowest BCUT2D eigenvalue weighted by atomic mass is 10.1. The minimum Gasteiger partial charge on any atom is -0.309 e. The summed E-state index contributed by atoms with van der Waals surface area (Å²) in [7, 11) is 0. The average molecular weight is 480 g/mol. The molecule has 31 heavy (non-hydrogen) atoms. The number of hydrogen-bond acceptors (Lipinski definition) is 1. The first-order valence-electron chi connectivity index (χ1n) is 10.2. The van der Waals surface area contributed by atoms with Crippen molar-refractivity contribution in [3.05, 3.63) is 114 Å². The smallest absolute Gasteiger partial charge is 0.0541 e. The Morgan fingerprint density at radius 3 is 1.90 bits per heavy atom. The number of para-hydroxylation sites is 1. The SMILES string of the molecule is Brc1ccc2c(c1)c1cc(-c3ccc(-c4ccccc4)s3)ccc1n2-c1ccccc1. The Labute approximate surface area is 193 Å². The van der Waals surface area contributed by atoms with Gasteiger partial charge in [0.1, 0.15) is 0 Å². The molecule has 0 atom stereocenters. The van der Waals surface area contributed by atoms with E-state index >= 15 is 0 Å². The molecule has 4 aromatic carbocycles. The molecule has 0 aliphatic heterocycles. The van der Waals surface area contributed by atoms with Crippen LogP contribution < -0.4 is 0 Å². The van der Waals surface area contributed by atoms with Crippen molar-refractivity contribution in [3.8, 4) is 26.6 Å². The number of rotatable bonds is 3. The van der Waals surface area contributed by atoms with Crippen molar-refractivity contribution in [2.45, 2.75) is 0 Å². The molecule has 0 radical (unpaired) electrons. The maximum atomic E-state index is 3.67. The third-order valence-corrected chi connectivity index (χ3v) is 7.37. The van der Waals surface area contributed by atoms with Gasteiger partial charge in [0.15, 0.2) is 0 Å². The molecule has 0 amide bonds. The van der Waals surface area contributed by atoms with Crippen LogP contribution in [0.25, 0.3) is 48.4 Å². The van der Waals surface area contributed by atoms with Gasteiger partial charge >= 0.3 is 0 Å². The minimum atomic E-state index is 1.10. The van der Waals surface area contributed by atoms with E-state index in [1.165, 1.54) is 48.4 Å². The van der Waals surface area contributed by atoms with Gasteiger partial charge in [-0.1, -0.05) is 70.5 Å². The van der Waals surface area contributed by atoms with Crippen LogP contribution in [0.2, 0.25) is 0 Å². The first kappa shape index (κ1) is 18.6. The number of halogens is 1. The summed E-state index contributed by atoms with van der Waals surface area (Å²) in [6, 6.07) is 39.0. The summed E-state index contributed by atoms with van der Waals surface area (Å²) in [6.07, 6.45) is 0. The monoisotopic (exact) mass is 479 g/mol. The second-order valence-electron chi connectivity index (χ2n) is 7.59. The van der Waals surface area contributed by atoms with E-state index in [0.29, 0.717) is 0 Å². The maximum absolute atomic E-state index is 3.67. The third-order valence-electron chi connectivity index (χ3n) is 5.69. The molecule has 0 saturated carbocycles. The molecule has 0 saturated heterocycles. The van der Waals surface area contributed by atoms with Gasteiger partial charge in [0.05, 0.1) is 11.0 Å². The lowest BCUT2D eigenvalue weighted by molar-refractivity contribution is 1.18. The first-order chi connectivity index (χ1) is 15.3. The second-order valence-corrected chi connectivity index (χ2v) is 9.59. The van der Waals surface area contributed by atoms with Crippen LogP contribution in [0.3, 0.4) is 0 Å². The Morgan fingerprint density at radius 1 is 0.548 bits per heavy atom. The summed E-state index contributed by atoms with van der Waals surface area (Å²) in [4.78, 5) is 2.58. The summed E-state index contributed by atoms with van der Waals surface area (Å²) in [5, 5.41) is 2.53. The van der Waals surface area contributed by atoms with Crippen LogP contribution in [0.1, 0.15) is 0 Å². The van der Waals surface area contributed by atoms with E-state index in [2.05, 4.69) is 130 Å². The Kier molecular flexibility index (Phi) is 4.52. The fraction of sp³-hybridized carbons (Fsp3) is 0. The van der Waals surface area contributed by atoms with Crippen LogP contribution in [-0.4, -0.2) is 4.57 Å². The van der Waals surface area contributed by atoms with E-state index in [0.717, 1.165) is 4.47 Å². The van der Waals surface area contributed by atoms with Crippen molar-refractivity contribution in [2.24, 2.45) is 0 Å². The first-order valence-corrected chi connectivity index (χ1v) is 11.8. The molecule has 2 heterocycles. The summed E-state index contributed by atoms with van der Waals surface area (Å²) >= 11 is 5.51. The molecule has 3 heteroatoms. The number of nitrogens with zero attached hydrogens (tertiary/aromatic N) is 1. The second kappa shape index (κ2) is 7.52. The number of thiophene rings is 1. The fourth-order valence-corrected chi connectivity index (χ4v) is 5.62. The van der Waals surface area contributed by atoms with Gasteiger partial charge in [-0.25, -0.2) is 0 Å². The molecular weight excluding hydrogens is 462 g/mol. The van der Waals surface area contributed by atoms with Crippen LogP contribution >= 0.6 is 27.3 Å². The molecule has 0 N–H and O–H groups in total. The lowest BCUT2D eigenvalue weighted by Crippen LogP contribution is -1.92. The summed E-state index contributed by atoms with van der Waals surface area (Å²) < 4.78 is 3.45. The lowest BCUT2D eigenvalue weighted by Gasteiger charge is -2.07. The predicted molar refractivity (Wildman–Crippen MR) is 137 cm³/mol. The van der Waals surface area contributed by atoms with Crippen LogP contribution in [0, 0.1) is 0 Å². The molecule has 2 aromatic heterocycles. The van der Waals surface area contributed by atoms with Crippen molar-refractivity contribution in [2.75, 3.05) is 0 Å². The standard InChI is InChI=1S/C28H18BrNS/c29-21-12-14-26-24(18-21)23-17-20(11-13-25(23)30(26)22-9-5-2-6-10-22)28-16-15-27(31-28)19-7-3-1-4-8-19/h1-18H. The summed E-state index contributed by atoms with van der Waals surface area (Å²) in [5.74, 6) is 0. The maximum Gasteiger partial charge on any atom is 0.0541 e. The van der Waals surface area contributed by atoms with Gasteiger partial charge in [-0.2, -0.15) is 0 Å². The Hall–Kier alpha value is -3.14. The topological polar surface area (TPSA) is 4.93 Å². The number of fused-ring (bicyclic) bond motifs is 3. The molecule has 0 bridgehead atoms. The molecule has 0 spiro atoms. The van der Waals surface area contributed by atoms with E-state index in [1.54, 1.807) is 0 Å². The quantitative estimate of drug-likeness (QED) is 0.238. The van der Waals surface area contributed by atoms with Crippen molar-refractivity contribution in [1.29, 1.82) is 0 Å². The van der Waals surface area contributed by atoms with Gasteiger partial charge in [0.25, 0.3) is 0 Å². The van der Waals surface area contributed by atoms with Gasteiger partial charge in [0.2, 0.25) is 0 Å². The highest BCUT2D eigenvalue weighted by molar-refractivity contribution is 9.10. The van der Waals surface area contributed by atoms with Gasteiger partial charge in [-0.3, -0.25) is 0 Å². The number of aromatic nitrogens is 1. The van der Waals surface area contributed by atoms with Crippen molar-refractivity contribution in [1.82, 2.24) is 4.57 Å². The zero-order valence-electron chi connectivity index (χ0n) is 16.6. The molecule has 148 valence electrons. The predicted octanol–water partition coefficient (Wildman–Crippen LogP) is 8.94. The molecule has 6 rings (SSSR count). The highest BCUT2D eigenvalue weighted by atomic mass is 79.9. The fourth-order valence-electron chi connectivity index (χ4n) is 4.25. The normalized spacial score (nSPS) is 11.4. The van der Waals surface area contributed by atoms with Gasteiger partial charge in [-0.15, -0.1) is 11.3 Å².